The predicted octanol–water partition coefficient (Wildman–Crippen LogP) is 11.4. The number of halogens is 1. The van der Waals surface area contributed by atoms with Gasteiger partial charge in [0.05, 0.1) is 14.2 Å². The minimum Gasteiger partial charge on any atom is -0.497 e. The first-order valence-corrected chi connectivity index (χ1v) is 19.8. The van der Waals surface area contributed by atoms with Gasteiger partial charge in [0.25, 0.3) is 0 Å². The molecule has 4 atom stereocenters. The Kier molecular flexibility index (Phi) is 41.9. The smallest absolute Gasteiger partial charge is 0.302 e. The minimum atomic E-state index is -0.245. The van der Waals surface area contributed by atoms with Crippen LogP contribution < -0.4 is 16.3 Å². The summed E-state index contributed by atoms with van der Waals surface area (Å²) in [7, 11) is 2.92. The number of ether oxygens (including phenoxy) is 2. The Balaban J connectivity index is -0.000000336. The van der Waals surface area contributed by atoms with Crippen LogP contribution in [0.1, 0.15) is 152 Å². The summed E-state index contributed by atoms with van der Waals surface area (Å²) in [6, 6.07) is 5.24. The number of hydrogen-bond donors (Lipinski definition) is 2. The lowest BCUT2D eigenvalue weighted by Gasteiger charge is -2.21. The van der Waals surface area contributed by atoms with Crippen molar-refractivity contribution in [2.75, 3.05) is 27.3 Å². The van der Waals surface area contributed by atoms with E-state index in [1.807, 2.05) is 30.9 Å². The molecular weight excluding hydrogens is 668 g/mol. The summed E-state index contributed by atoms with van der Waals surface area (Å²) in [5, 5.41) is 3.19. The Bertz CT molecular complexity index is 1130. The van der Waals surface area contributed by atoms with Crippen molar-refractivity contribution in [1.29, 1.82) is 0 Å². The van der Waals surface area contributed by atoms with Gasteiger partial charge in [-0.3, -0.25) is 9.59 Å². The number of amides is 1. The highest BCUT2D eigenvalue weighted by Crippen LogP contribution is 2.32. The van der Waals surface area contributed by atoms with Gasteiger partial charge in [-0.2, -0.15) is 5.10 Å². The molecule has 0 fully saturated rings. The van der Waals surface area contributed by atoms with Gasteiger partial charge >= 0.3 is 5.97 Å². The van der Waals surface area contributed by atoms with Gasteiger partial charge in [0.2, 0.25) is 6.41 Å². The molecule has 0 saturated carbocycles. The third kappa shape index (κ3) is 33.9. The number of carbonyl (C=O) groups is 2. The summed E-state index contributed by atoms with van der Waals surface area (Å²) in [4.78, 5) is 22.6. The molecule has 0 radical (unpaired) electrons. The SMILES string of the molecule is C/C(N)=C/C=N\N.C/C=C(\C=C/CC)C(C)CCCN(C=O)CCC(C)CC.CC.CCCC(CC(C)CC)c1ccc(OC)cc1F.COC(C)=O. The highest BCUT2D eigenvalue weighted by molar-refractivity contribution is 5.71. The van der Waals surface area contributed by atoms with Crippen molar-refractivity contribution >= 4 is 18.6 Å². The maximum Gasteiger partial charge on any atom is 0.302 e. The van der Waals surface area contributed by atoms with Crippen LogP contribution >= 0.6 is 0 Å². The number of hydrazone groups is 1. The number of methoxy groups -OCH3 is 2. The van der Waals surface area contributed by atoms with Crippen LogP contribution in [0.3, 0.4) is 0 Å². The van der Waals surface area contributed by atoms with Crippen LogP contribution in [0.25, 0.3) is 0 Å². The lowest BCUT2D eigenvalue weighted by molar-refractivity contribution is -0.137. The molecule has 1 aromatic carbocycles. The molecule has 0 aliphatic carbocycles. The van der Waals surface area contributed by atoms with Gasteiger partial charge in [0.15, 0.2) is 0 Å². The van der Waals surface area contributed by atoms with Crippen LogP contribution in [-0.2, 0) is 14.3 Å². The summed E-state index contributed by atoms with van der Waals surface area (Å²) in [6.45, 7) is 26.5. The van der Waals surface area contributed by atoms with E-state index in [-0.39, 0.29) is 11.8 Å². The molecule has 0 heterocycles. The molecule has 4 N–H and O–H groups in total. The molecule has 0 spiro atoms. The number of esters is 1. The van der Waals surface area contributed by atoms with E-state index < -0.39 is 0 Å². The fraction of sp³-hybridized carbons (Fsp3) is 0.659. The van der Waals surface area contributed by atoms with E-state index >= 15 is 0 Å². The Morgan fingerprint density at radius 2 is 1.58 bits per heavy atom. The van der Waals surface area contributed by atoms with Crippen molar-refractivity contribution in [2.24, 2.45) is 34.4 Å². The molecule has 0 aliphatic rings. The molecule has 53 heavy (non-hydrogen) atoms. The van der Waals surface area contributed by atoms with Crippen LogP contribution in [0.2, 0.25) is 0 Å². The third-order valence-corrected chi connectivity index (χ3v) is 8.67. The molecule has 0 bridgehead atoms. The molecule has 1 amide bonds. The van der Waals surface area contributed by atoms with Crippen molar-refractivity contribution in [3.63, 3.8) is 0 Å². The first-order valence-electron chi connectivity index (χ1n) is 19.8. The van der Waals surface area contributed by atoms with Gasteiger partial charge in [-0.1, -0.05) is 106 Å². The zero-order valence-electron chi connectivity index (χ0n) is 36.3. The van der Waals surface area contributed by atoms with Gasteiger partial charge in [-0.05, 0) is 99.3 Å². The van der Waals surface area contributed by atoms with E-state index in [0.29, 0.717) is 35.1 Å². The molecule has 1 aromatic rings. The van der Waals surface area contributed by atoms with Crippen molar-refractivity contribution in [2.45, 2.75) is 147 Å². The second-order valence-corrected chi connectivity index (χ2v) is 13.1. The minimum absolute atomic E-state index is 0.129. The van der Waals surface area contributed by atoms with Crippen molar-refractivity contribution in [1.82, 2.24) is 4.90 Å². The number of nitrogens with zero attached hydrogens (tertiary/aromatic N) is 2. The number of nitrogens with two attached hydrogens (primary N) is 2. The van der Waals surface area contributed by atoms with Crippen LogP contribution in [0.5, 0.6) is 5.75 Å². The van der Waals surface area contributed by atoms with E-state index in [4.69, 9.17) is 16.3 Å². The molecule has 8 nitrogen and oxygen atoms in total. The van der Waals surface area contributed by atoms with Gasteiger partial charge in [0.1, 0.15) is 11.6 Å². The largest absolute Gasteiger partial charge is 0.497 e. The predicted molar refractivity (Wildman–Crippen MR) is 228 cm³/mol. The molecule has 308 valence electrons. The summed E-state index contributed by atoms with van der Waals surface area (Å²) < 4.78 is 23.2. The summed E-state index contributed by atoms with van der Waals surface area (Å²) in [6.07, 6.45) is 20.7. The van der Waals surface area contributed by atoms with Gasteiger partial charge < -0.3 is 25.9 Å². The van der Waals surface area contributed by atoms with Crippen LogP contribution in [-0.4, -0.2) is 50.8 Å². The Labute approximate surface area is 325 Å². The van der Waals surface area contributed by atoms with E-state index in [1.54, 1.807) is 20.1 Å². The lowest BCUT2D eigenvalue weighted by atomic mass is 9.85. The summed E-state index contributed by atoms with van der Waals surface area (Å²) in [5.74, 6) is 7.21. The zero-order valence-corrected chi connectivity index (χ0v) is 36.3. The fourth-order valence-corrected chi connectivity index (χ4v) is 4.90. The second kappa shape index (κ2) is 39.6. The third-order valence-electron chi connectivity index (χ3n) is 8.67. The van der Waals surface area contributed by atoms with Gasteiger partial charge in [-0.25, -0.2) is 4.39 Å². The van der Waals surface area contributed by atoms with Crippen LogP contribution in [0.4, 0.5) is 4.39 Å². The molecule has 0 aliphatic heterocycles. The van der Waals surface area contributed by atoms with E-state index in [2.05, 4.69) is 83.5 Å². The quantitative estimate of drug-likeness (QED) is 0.0342. The fourth-order valence-electron chi connectivity index (χ4n) is 4.90. The molecule has 0 saturated heterocycles. The highest BCUT2D eigenvalue weighted by atomic mass is 19.1. The average Bonchev–Trinajstić information content (AvgIpc) is 3.16. The standard InChI is InChI=1S/C19H35NO.C16H25FO.C4H9N3.C3H6O2.C2H6/c1-6-9-12-19(8-3)18(5)11-10-14-20(16-21)15-13-17(4)7-2;1-5-7-13(10-12(3)6-2)15-9-8-14(18-4)11-16(15)17;1-4(5)2-3-7-6;1-3(4)5-2;1-2/h8-9,12,16-18H,6-7,10-11,13-15H2,1-5H3;8-9,11-13H,5-7,10H2,1-4H3;2-3H,5-6H2,1H3;1-2H3;1-2H3/b12-9-,19-8+;;4-2-,7-3-;;. The summed E-state index contributed by atoms with van der Waals surface area (Å²) >= 11 is 0. The zero-order chi connectivity index (χ0) is 41.6. The maximum absolute atomic E-state index is 14.1. The van der Waals surface area contributed by atoms with E-state index in [9.17, 15) is 14.0 Å². The Morgan fingerprint density at radius 1 is 0.981 bits per heavy atom. The number of carbonyl (C=O) groups excluding carboxylic acids is 2. The summed E-state index contributed by atoms with van der Waals surface area (Å²) in [5.41, 5.74) is 8.15. The molecule has 1 rings (SSSR count). The normalized spacial score (nSPS) is 13.3. The number of benzene rings is 1. The van der Waals surface area contributed by atoms with E-state index in [0.717, 1.165) is 76.4 Å². The van der Waals surface area contributed by atoms with Crippen molar-refractivity contribution in [3.8, 4) is 5.75 Å². The number of rotatable bonds is 20. The first kappa shape index (κ1) is 56.1. The van der Waals surface area contributed by atoms with Crippen molar-refractivity contribution in [3.05, 3.63) is 65.2 Å². The molecule has 9 heteroatoms. The highest BCUT2D eigenvalue weighted by Gasteiger charge is 2.18. The molecular formula is C44H81FN4O4. The van der Waals surface area contributed by atoms with Crippen LogP contribution in [0.15, 0.2) is 58.9 Å². The van der Waals surface area contributed by atoms with Crippen LogP contribution in [0, 0.1) is 23.6 Å². The van der Waals surface area contributed by atoms with Gasteiger partial charge in [-0.15, -0.1) is 0 Å². The maximum atomic E-state index is 14.1. The van der Waals surface area contributed by atoms with Crippen molar-refractivity contribution < 1.29 is 23.5 Å². The molecule has 4 unspecified atom stereocenters. The van der Waals surface area contributed by atoms with Gasteiger partial charge in [0, 0.05) is 38.0 Å². The molecule has 0 aromatic heterocycles. The number of allylic oxidation sites excluding steroid dienone is 6. The first-order chi connectivity index (χ1) is 25.2. The topological polar surface area (TPSA) is 120 Å². The van der Waals surface area contributed by atoms with E-state index in [1.165, 1.54) is 38.3 Å². The number of hydrogen-bond acceptors (Lipinski definition) is 7. The second-order valence-electron chi connectivity index (χ2n) is 13.1. The lowest BCUT2D eigenvalue weighted by Crippen LogP contribution is -2.25. The monoisotopic (exact) mass is 749 g/mol. The average molecular weight is 749 g/mol. The Hall–Kier alpha value is -3.62. The Morgan fingerprint density at radius 3 is 1.98 bits per heavy atom.